The summed E-state index contributed by atoms with van der Waals surface area (Å²) in [4.78, 5) is 8.78. The summed E-state index contributed by atoms with van der Waals surface area (Å²) >= 11 is 0. The number of nitrogens with zero attached hydrogens (tertiary/aromatic N) is 2. The summed E-state index contributed by atoms with van der Waals surface area (Å²) in [6.07, 6.45) is -1.74. The maximum absolute atomic E-state index is 13.1. The van der Waals surface area contributed by atoms with E-state index in [-0.39, 0.29) is 12.2 Å². The van der Waals surface area contributed by atoms with Crippen LogP contribution < -0.4 is 10.6 Å². The van der Waals surface area contributed by atoms with Gasteiger partial charge in [0.1, 0.15) is 5.82 Å². The zero-order valence-electron chi connectivity index (χ0n) is 14.4. The number of nitrogens with one attached hydrogen (secondary N) is 2. The van der Waals surface area contributed by atoms with E-state index >= 15 is 0 Å². The highest BCUT2D eigenvalue weighted by Crippen LogP contribution is 2.40. The van der Waals surface area contributed by atoms with E-state index in [1.165, 1.54) is 13.0 Å². The van der Waals surface area contributed by atoms with Crippen LogP contribution >= 0.6 is 0 Å². The van der Waals surface area contributed by atoms with E-state index < -0.39 is 11.7 Å². The molecule has 0 radical (unpaired) electrons. The molecule has 0 atom stereocenters. The van der Waals surface area contributed by atoms with Gasteiger partial charge in [-0.25, -0.2) is 4.98 Å². The molecule has 1 fully saturated rings. The lowest BCUT2D eigenvalue weighted by Crippen LogP contribution is -2.10. The third-order valence-electron chi connectivity index (χ3n) is 4.17. The fourth-order valence-electron chi connectivity index (χ4n) is 2.63. The quantitative estimate of drug-likeness (QED) is 0.640. The van der Waals surface area contributed by atoms with Crippen LogP contribution in [0.1, 0.15) is 42.0 Å². The van der Waals surface area contributed by atoms with E-state index in [0.717, 1.165) is 24.6 Å². The van der Waals surface area contributed by atoms with Crippen molar-refractivity contribution in [2.45, 2.75) is 38.3 Å². The Kier molecular flexibility index (Phi) is 5.31. The van der Waals surface area contributed by atoms with E-state index in [1.54, 1.807) is 12.1 Å². The maximum Gasteiger partial charge on any atom is 0.416 e. The molecule has 26 heavy (non-hydrogen) atoms. The number of benzene rings is 1. The minimum absolute atomic E-state index is 0.0595. The minimum Gasteiger partial charge on any atom is -0.396 e. The number of rotatable bonds is 7. The Morgan fingerprint density at radius 3 is 2.62 bits per heavy atom. The highest BCUT2D eigenvalue weighted by Gasteiger charge is 2.32. The Balaban J connectivity index is 1.84. The summed E-state index contributed by atoms with van der Waals surface area (Å²) in [6.45, 7) is 2.02. The van der Waals surface area contributed by atoms with Crippen LogP contribution in [-0.4, -0.2) is 28.2 Å². The Labute approximate surface area is 149 Å². The van der Waals surface area contributed by atoms with Crippen molar-refractivity contribution < 1.29 is 18.3 Å². The third-order valence-corrected chi connectivity index (χ3v) is 4.17. The van der Waals surface area contributed by atoms with Crippen LogP contribution in [0, 0.1) is 6.92 Å². The average Bonchev–Trinajstić information content (AvgIpc) is 3.41. The van der Waals surface area contributed by atoms with Crippen LogP contribution in [0.5, 0.6) is 0 Å². The number of hydrogen-bond acceptors (Lipinski definition) is 5. The number of anilines is 3. The molecule has 0 saturated heterocycles. The predicted octanol–water partition coefficient (Wildman–Crippen LogP) is 4.22. The zero-order chi connectivity index (χ0) is 18.7. The highest BCUT2D eigenvalue weighted by molar-refractivity contribution is 5.60. The van der Waals surface area contributed by atoms with Crippen molar-refractivity contribution in [2.24, 2.45) is 0 Å². The molecule has 2 aromatic rings. The number of aromatic nitrogens is 2. The Hall–Kier alpha value is -2.35. The first kappa shape index (κ1) is 18.4. The van der Waals surface area contributed by atoms with E-state index in [0.29, 0.717) is 36.3 Å². The van der Waals surface area contributed by atoms with Crippen molar-refractivity contribution in [3.8, 4) is 0 Å². The van der Waals surface area contributed by atoms with E-state index in [4.69, 9.17) is 5.11 Å². The second kappa shape index (κ2) is 7.49. The summed E-state index contributed by atoms with van der Waals surface area (Å²) < 4.78 is 39.3. The van der Waals surface area contributed by atoms with Crippen molar-refractivity contribution in [1.82, 2.24) is 9.97 Å². The largest absolute Gasteiger partial charge is 0.416 e. The number of alkyl halides is 3. The van der Waals surface area contributed by atoms with E-state index in [9.17, 15) is 13.2 Å². The van der Waals surface area contributed by atoms with Gasteiger partial charge in [-0.1, -0.05) is 6.07 Å². The zero-order valence-corrected chi connectivity index (χ0v) is 14.4. The van der Waals surface area contributed by atoms with Crippen molar-refractivity contribution in [1.29, 1.82) is 0 Å². The Morgan fingerprint density at radius 2 is 1.96 bits per heavy atom. The standard InChI is InChI=1S/C18H21F3N4O/c1-11-3-6-13(9-14(11)18(19,20)21)23-16-10-15(12-4-5-12)24-17(25-16)22-7-2-8-26/h3,6,9-10,12,26H,2,4-5,7-8H2,1H3,(H2,22,23,24,25). The molecule has 0 amide bonds. The lowest BCUT2D eigenvalue weighted by molar-refractivity contribution is -0.138. The first-order valence-corrected chi connectivity index (χ1v) is 8.55. The monoisotopic (exact) mass is 366 g/mol. The summed E-state index contributed by atoms with van der Waals surface area (Å²) in [5.41, 5.74) is 0.706. The number of hydrogen-bond donors (Lipinski definition) is 3. The summed E-state index contributed by atoms with van der Waals surface area (Å²) in [5, 5.41) is 14.9. The molecule has 0 spiro atoms. The molecule has 1 saturated carbocycles. The topological polar surface area (TPSA) is 70.1 Å². The molecule has 3 rings (SSSR count). The molecule has 3 N–H and O–H groups in total. The van der Waals surface area contributed by atoms with Crippen molar-refractivity contribution in [3.05, 3.63) is 41.1 Å². The van der Waals surface area contributed by atoms with Gasteiger partial charge in [-0.15, -0.1) is 0 Å². The van der Waals surface area contributed by atoms with Gasteiger partial charge in [0.25, 0.3) is 0 Å². The SMILES string of the molecule is Cc1ccc(Nc2cc(C3CC3)nc(NCCCO)n2)cc1C(F)(F)F. The molecule has 5 nitrogen and oxygen atoms in total. The van der Waals surface area contributed by atoms with Gasteiger partial charge in [0, 0.05) is 30.8 Å². The second-order valence-electron chi connectivity index (χ2n) is 6.43. The number of halogens is 3. The van der Waals surface area contributed by atoms with Gasteiger partial charge in [0.05, 0.1) is 11.3 Å². The maximum atomic E-state index is 13.1. The fraction of sp³-hybridized carbons (Fsp3) is 0.444. The second-order valence-corrected chi connectivity index (χ2v) is 6.43. The van der Waals surface area contributed by atoms with Crippen LogP contribution in [0.2, 0.25) is 0 Å². The minimum atomic E-state index is -4.40. The van der Waals surface area contributed by atoms with Crippen LogP contribution in [0.25, 0.3) is 0 Å². The smallest absolute Gasteiger partial charge is 0.396 e. The van der Waals surface area contributed by atoms with Gasteiger partial charge in [-0.05, 0) is 43.9 Å². The number of aryl methyl sites for hydroxylation is 1. The third kappa shape index (κ3) is 4.63. The molecule has 1 aliphatic carbocycles. The molecule has 140 valence electrons. The number of aliphatic hydroxyl groups is 1. The molecule has 1 aromatic heterocycles. The van der Waals surface area contributed by atoms with Gasteiger partial charge in [-0.2, -0.15) is 18.2 Å². The van der Waals surface area contributed by atoms with Gasteiger partial charge >= 0.3 is 6.18 Å². The van der Waals surface area contributed by atoms with Crippen molar-refractivity contribution in [3.63, 3.8) is 0 Å². The van der Waals surface area contributed by atoms with Crippen LogP contribution in [0.4, 0.5) is 30.6 Å². The Bertz CT molecular complexity index is 776. The lowest BCUT2D eigenvalue weighted by Gasteiger charge is -2.14. The van der Waals surface area contributed by atoms with Gasteiger partial charge in [-0.3, -0.25) is 0 Å². The molecular weight excluding hydrogens is 345 g/mol. The fourth-order valence-corrected chi connectivity index (χ4v) is 2.63. The van der Waals surface area contributed by atoms with Crippen LogP contribution in [0.15, 0.2) is 24.3 Å². The average molecular weight is 366 g/mol. The number of aliphatic hydroxyl groups excluding tert-OH is 1. The van der Waals surface area contributed by atoms with E-state index in [1.807, 2.05) is 0 Å². The van der Waals surface area contributed by atoms with Crippen molar-refractivity contribution >= 4 is 17.5 Å². The highest BCUT2D eigenvalue weighted by atomic mass is 19.4. The molecule has 1 aliphatic rings. The molecule has 8 heteroatoms. The first-order chi connectivity index (χ1) is 12.4. The molecule has 1 heterocycles. The van der Waals surface area contributed by atoms with Crippen LogP contribution in [0.3, 0.4) is 0 Å². The first-order valence-electron chi connectivity index (χ1n) is 8.55. The predicted molar refractivity (Wildman–Crippen MR) is 93.7 cm³/mol. The van der Waals surface area contributed by atoms with E-state index in [2.05, 4.69) is 20.6 Å². The van der Waals surface area contributed by atoms with Gasteiger partial charge in [0.15, 0.2) is 0 Å². The normalized spacial score (nSPS) is 14.3. The molecule has 0 bridgehead atoms. The molecular formula is C18H21F3N4O. The van der Waals surface area contributed by atoms with Gasteiger partial charge < -0.3 is 15.7 Å². The van der Waals surface area contributed by atoms with Gasteiger partial charge in [0.2, 0.25) is 5.95 Å². The Morgan fingerprint density at radius 1 is 1.19 bits per heavy atom. The molecule has 1 aromatic carbocycles. The molecule has 0 unspecified atom stereocenters. The summed E-state index contributed by atoms with van der Waals surface area (Å²) in [5.74, 6) is 1.24. The van der Waals surface area contributed by atoms with Crippen molar-refractivity contribution in [2.75, 3.05) is 23.8 Å². The molecule has 0 aliphatic heterocycles. The summed E-state index contributed by atoms with van der Waals surface area (Å²) in [7, 11) is 0. The van der Waals surface area contributed by atoms with Crippen LogP contribution in [-0.2, 0) is 6.18 Å². The summed E-state index contributed by atoms with van der Waals surface area (Å²) in [6, 6.07) is 5.91. The lowest BCUT2D eigenvalue weighted by atomic mass is 10.1.